The van der Waals surface area contributed by atoms with Crippen LogP contribution in [0.1, 0.15) is 53.9 Å². The van der Waals surface area contributed by atoms with E-state index in [9.17, 15) is 4.79 Å². The molecule has 0 fully saturated rings. The predicted octanol–water partition coefficient (Wildman–Crippen LogP) is 2.73. The van der Waals surface area contributed by atoms with Gasteiger partial charge in [-0.15, -0.1) is 0 Å². The molecule has 0 unspecified atom stereocenters. The molecule has 0 saturated heterocycles. The van der Waals surface area contributed by atoms with Crippen molar-refractivity contribution in [2.24, 2.45) is 5.92 Å². The van der Waals surface area contributed by atoms with Crippen LogP contribution in [0.15, 0.2) is 0 Å². The molecule has 0 radical (unpaired) electrons. The second-order valence-corrected chi connectivity index (χ2v) is 3.98. The molecule has 1 amide bonds. The molecule has 0 rings (SSSR count). The highest BCUT2D eigenvalue weighted by Gasteiger charge is 2.26. The zero-order valence-electron chi connectivity index (χ0n) is 9.61. The van der Waals surface area contributed by atoms with E-state index in [2.05, 4.69) is 26.1 Å². The third-order valence-corrected chi connectivity index (χ3v) is 2.94. The monoisotopic (exact) mass is 185 g/mol. The first-order chi connectivity index (χ1) is 6.01. The third kappa shape index (κ3) is 3.37. The largest absolute Gasteiger partial charge is 0.350 e. The third-order valence-electron chi connectivity index (χ3n) is 2.94. The van der Waals surface area contributed by atoms with Gasteiger partial charge in [0.15, 0.2) is 0 Å². The van der Waals surface area contributed by atoms with Crippen molar-refractivity contribution in [3.8, 4) is 0 Å². The van der Waals surface area contributed by atoms with Crippen LogP contribution >= 0.6 is 0 Å². The fraction of sp³-hybridized carbons (Fsp3) is 0.909. The Balaban J connectivity index is 4.33. The van der Waals surface area contributed by atoms with Gasteiger partial charge in [0.2, 0.25) is 5.91 Å². The maximum Gasteiger partial charge on any atom is 0.222 e. The van der Waals surface area contributed by atoms with E-state index in [1.165, 1.54) is 0 Å². The first-order valence-electron chi connectivity index (χ1n) is 5.33. The summed E-state index contributed by atoms with van der Waals surface area (Å²) < 4.78 is 0. The fourth-order valence-electron chi connectivity index (χ4n) is 1.42. The number of rotatable bonds is 5. The van der Waals surface area contributed by atoms with Gasteiger partial charge < -0.3 is 5.32 Å². The van der Waals surface area contributed by atoms with Gasteiger partial charge in [-0.2, -0.15) is 0 Å². The Hall–Kier alpha value is -0.530. The average Bonchev–Trinajstić information content (AvgIpc) is 2.14. The van der Waals surface area contributed by atoms with Crippen molar-refractivity contribution in [2.75, 3.05) is 0 Å². The molecule has 2 heteroatoms. The van der Waals surface area contributed by atoms with E-state index in [1.807, 2.05) is 13.8 Å². The summed E-state index contributed by atoms with van der Waals surface area (Å²) in [5.74, 6) is 0.259. The van der Waals surface area contributed by atoms with E-state index in [1.54, 1.807) is 0 Å². The van der Waals surface area contributed by atoms with Crippen molar-refractivity contribution >= 4 is 5.91 Å². The van der Waals surface area contributed by atoms with Gasteiger partial charge in [-0.25, -0.2) is 0 Å². The quantitative estimate of drug-likeness (QED) is 0.701. The minimum Gasteiger partial charge on any atom is -0.350 e. The average molecular weight is 185 g/mol. The van der Waals surface area contributed by atoms with Crippen LogP contribution in [0.25, 0.3) is 0 Å². The van der Waals surface area contributed by atoms with E-state index in [0.29, 0.717) is 0 Å². The molecule has 0 aliphatic carbocycles. The standard InChI is InChI=1S/C11H23NO/c1-6-11(7-2,8-3)12-10(13)9(4)5/h9H,6-8H2,1-5H3,(H,12,13). The molecule has 0 spiro atoms. The van der Waals surface area contributed by atoms with Crippen LogP contribution in [0.2, 0.25) is 0 Å². The summed E-state index contributed by atoms with van der Waals surface area (Å²) in [6.07, 6.45) is 3.04. The molecule has 13 heavy (non-hydrogen) atoms. The number of carbonyl (C=O) groups excluding carboxylic acids is 1. The lowest BCUT2D eigenvalue weighted by Crippen LogP contribution is -2.48. The summed E-state index contributed by atoms with van der Waals surface area (Å²) in [5, 5.41) is 3.14. The molecular weight excluding hydrogens is 162 g/mol. The fourth-order valence-corrected chi connectivity index (χ4v) is 1.42. The lowest BCUT2D eigenvalue weighted by atomic mass is 9.89. The van der Waals surface area contributed by atoms with Gasteiger partial charge in [-0.05, 0) is 19.3 Å². The van der Waals surface area contributed by atoms with Crippen LogP contribution in [0.4, 0.5) is 0 Å². The molecule has 1 N–H and O–H groups in total. The molecular formula is C11H23NO. The van der Waals surface area contributed by atoms with Crippen LogP contribution in [0, 0.1) is 5.92 Å². The Bertz CT molecular complexity index is 151. The zero-order valence-corrected chi connectivity index (χ0v) is 9.61. The molecule has 0 bridgehead atoms. The maximum atomic E-state index is 11.5. The SMILES string of the molecule is CCC(CC)(CC)NC(=O)C(C)C. The van der Waals surface area contributed by atoms with Gasteiger partial charge in [-0.1, -0.05) is 34.6 Å². The van der Waals surface area contributed by atoms with Gasteiger partial charge in [-0.3, -0.25) is 4.79 Å². The summed E-state index contributed by atoms with van der Waals surface area (Å²) in [5.41, 5.74) is 0.0291. The van der Waals surface area contributed by atoms with Crippen molar-refractivity contribution in [1.29, 1.82) is 0 Å². The van der Waals surface area contributed by atoms with Crippen LogP contribution in [-0.2, 0) is 4.79 Å². The van der Waals surface area contributed by atoms with Gasteiger partial charge in [0, 0.05) is 11.5 Å². The summed E-state index contributed by atoms with van der Waals surface area (Å²) in [4.78, 5) is 11.5. The Morgan fingerprint density at radius 1 is 1.15 bits per heavy atom. The highest BCUT2D eigenvalue weighted by atomic mass is 16.2. The molecule has 0 saturated carbocycles. The van der Waals surface area contributed by atoms with Crippen LogP contribution in [0.5, 0.6) is 0 Å². The van der Waals surface area contributed by atoms with Crippen molar-refractivity contribution in [1.82, 2.24) is 5.32 Å². The van der Waals surface area contributed by atoms with E-state index in [-0.39, 0.29) is 17.4 Å². The molecule has 0 aromatic carbocycles. The number of carbonyl (C=O) groups is 1. The summed E-state index contributed by atoms with van der Waals surface area (Å²) in [7, 11) is 0. The van der Waals surface area contributed by atoms with Crippen molar-refractivity contribution in [2.45, 2.75) is 59.4 Å². The Morgan fingerprint density at radius 3 is 1.77 bits per heavy atom. The number of amides is 1. The van der Waals surface area contributed by atoms with E-state index in [4.69, 9.17) is 0 Å². The maximum absolute atomic E-state index is 11.5. The van der Waals surface area contributed by atoms with Gasteiger partial charge >= 0.3 is 0 Å². The van der Waals surface area contributed by atoms with E-state index >= 15 is 0 Å². The Morgan fingerprint density at radius 2 is 1.54 bits per heavy atom. The molecule has 0 atom stereocenters. The Labute approximate surface area is 82.1 Å². The predicted molar refractivity (Wildman–Crippen MR) is 56.6 cm³/mol. The second-order valence-electron chi connectivity index (χ2n) is 3.98. The van der Waals surface area contributed by atoms with E-state index < -0.39 is 0 Å². The molecule has 0 aliphatic rings. The molecule has 0 aromatic rings. The highest BCUT2D eigenvalue weighted by molar-refractivity contribution is 5.78. The molecule has 78 valence electrons. The van der Waals surface area contributed by atoms with Crippen LogP contribution in [-0.4, -0.2) is 11.4 Å². The van der Waals surface area contributed by atoms with Crippen molar-refractivity contribution < 1.29 is 4.79 Å². The smallest absolute Gasteiger partial charge is 0.222 e. The van der Waals surface area contributed by atoms with Crippen molar-refractivity contribution in [3.63, 3.8) is 0 Å². The van der Waals surface area contributed by atoms with Gasteiger partial charge in [0.1, 0.15) is 0 Å². The molecule has 0 heterocycles. The van der Waals surface area contributed by atoms with Gasteiger partial charge in [0.25, 0.3) is 0 Å². The van der Waals surface area contributed by atoms with Crippen LogP contribution in [0.3, 0.4) is 0 Å². The minimum absolute atomic E-state index is 0.0291. The van der Waals surface area contributed by atoms with Crippen molar-refractivity contribution in [3.05, 3.63) is 0 Å². The second kappa shape index (κ2) is 5.25. The zero-order chi connectivity index (χ0) is 10.5. The Kier molecular flexibility index (Phi) is 5.04. The first-order valence-corrected chi connectivity index (χ1v) is 5.33. The lowest BCUT2D eigenvalue weighted by Gasteiger charge is -2.32. The minimum atomic E-state index is 0.0291. The molecule has 0 aromatic heterocycles. The van der Waals surface area contributed by atoms with Gasteiger partial charge in [0.05, 0.1) is 0 Å². The summed E-state index contributed by atoms with van der Waals surface area (Å²) >= 11 is 0. The number of hydrogen-bond acceptors (Lipinski definition) is 1. The number of nitrogens with one attached hydrogen (secondary N) is 1. The normalized spacial score (nSPS) is 11.8. The molecule has 2 nitrogen and oxygen atoms in total. The summed E-state index contributed by atoms with van der Waals surface area (Å²) in [6.45, 7) is 10.3. The lowest BCUT2D eigenvalue weighted by molar-refractivity contribution is -0.126. The number of hydrogen-bond donors (Lipinski definition) is 1. The first kappa shape index (κ1) is 12.5. The highest BCUT2D eigenvalue weighted by Crippen LogP contribution is 2.19. The topological polar surface area (TPSA) is 29.1 Å². The summed E-state index contributed by atoms with van der Waals surface area (Å²) in [6, 6.07) is 0. The van der Waals surface area contributed by atoms with Crippen LogP contribution < -0.4 is 5.32 Å². The van der Waals surface area contributed by atoms with E-state index in [0.717, 1.165) is 19.3 Å². The molecule has 0 aliphatic heterocycles.